The first kappa shape index (κ1) is 17.9. The topological polar surface area (TPSA) is 52.6 Å². The van der Waals surface area contributed by atoms with E-state index in [1.807, 2.05) is 6.07 Å². The van der Waals surface area contributed by atoms with Crippen molar-refractivity contribution in [3.05, 3.63) is 34.9 Å². The van der Waals surface area contributed by atoms with Gasteiger partial charge < -0.3 is 9.47 Å². The summed E-state index contributed by atoms with van der Waals surface area (Å²) in [6, 6.07) is 7.15. The van der Waals surface area contributed by atoms with E-state index >= 15 is 0 Å². The lowest BCUT2D eigenvalue weighted by molar-refractivity contribution is -0.143. The lowest BCUT2D eigenvalue weighted by Gasteiger charge is -2.16. The Morgan fingerprint density at radius 2 is 1.86 bits per heavy atom. The van der Waals surface area contributed by atoms with Gasteiger partial charge in [0.15, 0.2) is 0 Å². The predicted molar refractivity (Wildman–Crippen MR) is 84.5 cm³/mol. The van der Waals surface area contributed by atoms with Gasteiger partial charge in [-0.1, -0.05) is 29.8 Å². The number of carbonyl (C=O) groups is 2. The monoisotopic (exact) mass is 330 g/mol. The van der Waals surface area contributed by atoms with Gasteiger partial charge in [-0.15, -0.1) is 11.8 Å². The molecule has 0 aromatic heterocycles. The fraction of sp³-hybridized carbons (Fsp3) is 0.467. The third-order valence-corrected chi connectivity index (χ3v) is 4.15. The van der Waals surface area contributed by atoms with Gasteiger partial charge in [0, 0.05) is 10.8 Å². The van der Waals surface area contributed by atoms with Crippen molar-refractivity contribution in [3.8, 4) is 0 Å². The van der Waals surface area contributed by atoms with Crippen LogP contribution in [0.1, 0.15) is 31.1 Å². The Morgan fingerprint density at radius 1 is 1.19 bits per heavy atom. The zero-order valence-electron chi connectivity index (χ0n) is 12.1. The molecule has 1 atom stereocenters. The van der Waals surface area contributed by atoms with Crippen LogP contribution in [0.5, 0.6) is 0 Å². The Hall–Kier alpha value is -1.20. The molecular formula is C15H19ClO4S. The Bertz CT molecular complexity index is 478. The zero-order valence-corrected chi connectivity index (χ0v) is 13.7. The molecule has 1 aromatic rings. The maximum Gasteiger partial charge on any atom is 0.323 e. The van der Waals surface area contributed by atoms with Crippen molar-refractivity contribution in [2.45, 2.75) is 25.5 Å². The first-order valence-electron chi connectivity index (χ1n) is 6.78. The van der Waals surface area contributed by atoms with Gasteiger partial charge in [0.2, 0.25) is 0 Å². The number of esters is 2. The normalized spacial score (nSPS) is 11.8. The predicted octanol–water partition coefficient (Wildman–Crippen LogP) is 3.63. The maximum absolute atomic E-state index is 12.1. The Kier molecular flexibility index (Phi) is 8.23. The fourth-order valence-electron chi connectivity index (χ4n) is 1.68. The number of benzene rings is 1. The van der Waals surface area contributed by atoms with E-state index in [1.165, 1.54) is 11.8 Å². The number of thioether (sulfide) groups is 1. The second-order valence-corrected chi connectivity index (χ2v) is 5.70. The first-order valence-corrected chi connectivity index (χ1v) is 8.21. The largest absolute Gasteiger partial charge is 0.466 e. The molecule has 0 aliphatic heterocycles. The van der Waals surface area contributed by atoms with Crippen LogP contribution in [0.2, 0.25) is 5.02 Å². The summed E-state index contributed by atoms with van der Waals surface area (Å²) in [4.78, 5) is 23.4. The lowest BCUT2D eigenvalue weighted by Crippen LogP contribution is -2.15. The highest BCUT2D eigenvalue weighted by Gasteiger charge is 2.24. The summed E-state index contributed by atoms with van der Waals surface area (Å²) in [5.41, 5.74) is 0.700. The van der Waals surface area contributed by atoms with E-state index in [2.05, 4.69) is 0 Å². The highest BCUT2D eigenvalue weighted by molar-refractivity contribution is 8.00. The van der Waals surface area contributed by atoms with Crippen molar-refractivity contribution in [2.24, 2.45) is 0 Å². The van der Waals surface area contributed by atoms with Crippen molar-refractivity contribution < 1.29 is 19.1 Å². The molecule has 0 aliphatic rings. The van der Waals surface area contributed by atoms with Crippen molar-refractivity contribution >= 4 is 35.3 Å². The minimum absolute atomic E-state index is 0.249. The molecule has 0 N–H and O–H groups in total. The lowest BCUT2D eigenvalue weighted by atomic mass is 10.1. The molecule has 0 bridgehead atoms. The van der Waals surface area contributed by atoms with Crippen molar-refractivity contribution in [3.63, 3.8) is 0 Å². The molecule has 21 heavy (non-hydrogen) atoms. The van der Waals surface area contributed by atoms with Crippen LogP contribution in [0, 0.1) is 0 Å². The van der Waals surface area contributed by atoms with Crippen molar-refractivity contribution in [1.82, 2.24) is 0 Å². The number of carbonyl (C=O) groups excluding carboxylic acids is 2. The van der Waals surface area contributed by atoms with E-state index in [0.29, 0.717) is 29.6 Å². The number of halogens is 1. The number of ether oxygens (including phenoxy) is 2. The molecule has 0 heterocycles. The highest BCUT2D eigenvalue weighted by atomic mass is 35.5. The number of hydrogen-bond acceptors (Lipinski definition) is 5. The smallest absolute Gasteiger partial charge is 0.323 e. The zero-order chi connectivity index (χ0) is 15.7. The summed E-state index contributed by atoms with van der Waals surface area (Å²) < 4.78 is 9.95. The highest BCUT2D eigenvalue weighted by Crippen LogP contribution is 2.35. The van der Waals surface area contributed by atoms with Gasteiger partial charge in [0.1, 0.15) is 5.25 Å². The molecule has 1 aromatic carbocycles. The van der Waals surface area contributed by atoms with Crippen LogP contribution in [0.25, 0.3) is 0 Å². The number of rotatable bonds is 8. The summed E-state index contributed by atoms with van der Waals surface area (Å²) in [6.07, 6.45) is 0.249. The van der Waals surface area contributed by atoms with Crippen molar-refractivity contribution in [1.29, 1.82) is 0 Å². The fourth-order valence-corrected chi connectivity index (χ4v) is 3.10. The third-order valence-electron chi connectivity index (χ3n) is 2.58. The van der Waals surface area contributed by atoms with Gasteiger partial charge in [-0.3, -0.25) is 9.59 Å². The van der Waals surface area contributed by atoms with E-state index in [9.17, 15) is 9.59 Å². The quantitative estimate of drug-likeness (QED) is 0.681. The molecule has 0 fully saturated rings. The molecular weight excluding hydrogens is 312 g/mol. The second kappa shape index (κ2) is 9.68. The Balaban J connectivity index is 2.72. The molecule has 0 radical (unpaired) electrons. The summed E-state index contributed by atoms with van der Waals surface area (Å²) in [5, 5.41) is -0.0211. The third kappa shape index (κ3) is 5.98. The van der Waals surface area contributed by atoms with E-state index in [4.69, 9.17) is 21.1 Å². The first-order chi connectivity index (χ1) is 10.1. The van der Waals surface area contributed by atoms with Crippen LogP contribution in [0.15, 0.2) is 24.3 Å². The molecule has 1 rings (SSSR count). The Labute approximate surface area is 134 Å². The van der Waals surface area contributed by atoms with Gasteiger partial charge in [-0.25, -0.2) is 0 Å². The van der Waals surface area contributed by atoms with Crippen LogP contribution in [-0.2, 0) is 19.1 Å². The molecule has 0 amide bonds. The van der Waals surface area contributed by atoms with Crippen LogP contribution < -0.4 is 0 Å². The molecule has 116 valence electrons. The van der Waals surface area contributed by atoms with Crippen LogP contribution >= 0.6 is 23.4 Å². The average molecular weight is 331 g/mol. The molecule has 4 nitrogen and oxygen atoms in total. The summed E-state index contributed by atoms with van der Waals surface area (Å²) >= 11 is 7.47. The van der Waals surface area contributed by atoms with E-state index in [-0.39, 0.29) is 18.4 Å². The minimum Gasteiger partial charge on any atom is -0.466 e. The molecule has 0 spiro atoms. The SMILES string of the molecule is CCOC(=O)CCS[C@H](C(=O)OCC)c1ccccc1Cl. The summed E-state index contributed by atoms with van der Waals surface area (Å²) in [7, 11) is 0. The van der Waals surface area contributed by atoms with E-state index in [0.717, 1.165) is 0 Å². The van der Waals surface area contributed by atoms with Gasteiger partial charge in [0.05, 0.1) is 19.6 Å². The molecule has 0 saturated heterocycles. The maximum atomic E-state index is 12.1. The van der Waals surface area contributed by atoms with Gasteiger partial charge in [-0.2, -0.15) is 0 Å². The summed E-state index contributed by atoms with van der Waals surface area (Å²) in [6.45, 7) is 4.18. The van der Waals surface area contributed by atoms with Gasteiger partial charge in [0.25, 0.3) is 0 Å². The average Bonchev–Trinajstić information content (AvgIpc) is 2.45. The van der Waals surface area contributed by atoms with Gasteiger partial charge >= 0.3 is 11.9 Å². The molecule has 0 saturated carbocycles. The van der Waals surface area contributed by atoms with Crippen LogP contribution in [0.3, 0.4) is 0 Å². The minimum atomic E-state index is -0.534. The van der Waals surface area contributed by atoms with Crippen LogP contribution in [-0.4, -0.2) is 30.9 Å². The molecule has 0 unspecified atom stereocenters. The van der Waals surface area contributed by atoms with E-state index < -0.39 is 5.25 Å². The second-order valence-electron chi connectivity index (χ2n) is 4.08. The molecule has 6 heteroatoms. The van der Waals surface area contributed by atoms with Crippen molar-refractivity contribution in [2.75, 3.05) is 19.0 Å². The van der Waals surface area contributed by atoms with Gasteiger partial charge in [-0.05, 0) is 25.5 Å². The summed E-state index contributed by atoms with van der Waals surface area (Å²) in [5.74, 6) is -0.153. The Morgan fingerprint density at radius 3 is 2.48 bits per heavy atom. The molecule has 0 aliphatic carbocycles. The van der Waals surface area contributed by atoms with Crippen LogP contribution in [0.4, 0.5) is 0 Å². The standard InChI is InChI=1S/C15H19ClO4S/c1-3-19-13(17)9-10-21-14(15(18)20-4-2)11-7-5-6-8-12(11)16/h5-8,14H,3-4,9-10H2,1-2H3/t14-/m0/s1. The van der Waals surface area contributed by atoms with E-state index in [1.54, 1.807) is 32.0 Å². The number of hydrogen-bond donors (Lipinski definition) is 0.